The summed E-state index contributed by atoms with van der Waals surface area (Å²) in [7, 11) is 1.63. The summed E-state index contributed by atoms with van der Waals surface area (Å²) in [6.45, 7) is 2.46. The van der Waals surface area contributed by atoms with Gasteiger partial charge in [-0.2, -0.15) is 4.99 Å². The smallest absolute Gasteiger partial charge is 0.283 e. The van der Waals surface area contributed by atoms with Gasteiger partial charge in [0.1, 0.15) is 11.5 Å². The third-order valence-corrected chi connectivity index (χ3v) is 5.85. The fourth-order valence-corrected chi connectivity index (χ4v) is 4.43. The van der Waals surface area contributed by atoms with E-state index >= 15 is 0 Å². The van der Waals surface area contributed by atoms with Crippen LogP contribution in [-0.4, -0.2) is 30.1 Å². The van der Waals surface area contributed by atoms with Crippen molar-refractivity contribution in [3.05, 3.63) is 83.2 Å². The lowest BCUT2D eigenvalue weighted by Crippen LogP contribution is -2.19. The molecule has 7 nitrogen and oxygen atoms in total. The lowest BCUT2D eigenvalue weighted by atomic mass is 10.2. The Hall–Kier alpha value is -3.75. The zero-order valence-electron chi connectivity index (χ0n) is 18.3. The lowest BCUT2D eigenvalue weighted by molar-refractivity contribution is -0.114. The van der Waals surface area contributed by atoms with Gasteiger partial charge in [0.2, 0.25) is 5.91 Å². The Morgan fingerprint density at radius 3 is 2.55 bits per heavy atom. The molecule has 0 saturated carbocycles. The van der Waals surface area contributed by atoms with E-state index in [9.17, 15) is 9.59 Å². The first-order chi connectivity index (χ1) is 16.0. The number of thiazole rings is 1. The van der Waals surface area contributed by atoms with Crippen molar-refractivity contribution in [2.45, 2.75) is 13.5 Å². The maximum Gasteiger partial charge on any atom is 0.283 e. The van der Waals surface area contributed by atoms with Crippen LogP contribution in [0.5, 0.6) is 11.5 Å². The van der Waals surface area contributed by atoms with Crippen molar-refractivity contribution in [3.63, 3.8) is 0 Å². The molecule has 2 amide bonds. The molecule has 0 unspecified atom stereocenters. The number of carbonyl (C=O) groups is 2. The molecule has 0 saturated heterocycles. The van der Waals surface area contributed by atoms with Crippen molar-refractivity contribution in [2.75, 3.05) is 19.0 Å². The SMILES string of the molecule is COCCn1c(=NC(=O)c2ccccc2Oc2ccccc2)sc2cc(NC(C)=O)ccc21. The average Bonchev–Trinajstić information content (AvgIpc) is 3.14. The van der Waals surface area contributed by atoms with Crippen LogP contribution in [0.4, 0.5) is 5.69 Å². The minimum absolute atomic E-state index is 0.145. The Kier molecular flexibility index (Phi) is 6.97. The van der Waals surface area contributed by atoms with E-state index in [0.29, 0.717) is 40.7 Å². The molecule has 0 atom stereocenters. The minimum Gasteiger partial charge on any atom is -0.457 e. The van der Waals surface area contributed by atoms with Gasteiger partial charge in [0.05, 0.1) is 22.4 Å². The molecule has 1 heterocycles. The number of anilines is 1. The molecule has 0 radical (unpaired) electrons. The van der Waals surface area contributed by atoms with Gasteiger partial charge in [-0.3, -0.25) is 9.59 Å². The van der Waals surface area contributed by atoms with Gasteiger partial charge in [0.15, 0.2) is 4.80 Å². The maximum absolute atomic E-state index is 13.2. The van der Waals surface area contributed by atoms with Crippen LogP contribution >= 0.6 is 11.3 Å². The van der Waals surface area contributed by atoms with E-state index in [1.807, 2.05) is 59.2 Å². The zero-order valence-corrected chi connectivity index (χ0v) is 19.1. The quantitative estimate of drug-likeness (QED) is 0.427. The monoisotopic (exact) mass is 461 g/mol. The van der Waals surface area contributed by atoms with Crippen LogP contribution in [0.15, 0.2) is 77.8 Å². The molecule has 0 bridgehead atoms. The van der Waals surface area contributed by atoms with Crippen molar-refractivity contribution in [1.29, 1.82) is 0 Å². The Bertz CT molecular complexity index is 1360. The molecule has 168 valence electrons. The van der Waals surface area contributed by atoms with Gasteiger partial charge in [-0.05, 0) is 42.5 Å². The van der Waals surface area contributed by atoms with Gasteiger partial charge in [-0.25, -0.2) is 0 Å². The summed E-state index contributed by atoms with van der Waals surface area (Å²) in [4.78, 5) is 29.6. The topological polar surface area (TPSA) is 81.9 Å². The van der Waals surface area contributed by atoms with Crippen LogP contribution in [0.3, 0.4) is 0 Å². The molecule has 1 aromatic heterocycles. The Morgan fingerprint density at radius 1 is 1.03 bits per heavy atom. The number of methoxy groups -OCH3 is 1. The second-order valence-corrected chi connectivity index (χ2v) is 8.23. The normalized spacial score (nSPS) is 11.5. The van der Waals surface area contributed by atoms with E-state index in [0.717, 1.165) is 10.2 Å². The van der Waals surface area contributed by atoms with E-state index in [2.05, 4.69) is 10.3 Å². The van der Waals surface area contributed by atoms with E-state index in [1.54, 1.807) is 25.3 Å². The number of fused-ring (bicyclic) bond motifs is 1. The molecule has 0 aliphatic carbocycles. The number of carbonyl (C=O) groups excluding carboxylic acids is 2. The van der Waals surface area contributed by atoms with Crippen LogP contribution in [-0.2, 0) is 16.1 Å². The first kappa shape index (κ1) is 22.4. The summed E-state index contributed by atoms with van der Waals surface area (Å²) in [6.07, 6.45) is 0. The van der Waals surface area contributed by atoms with Crippen molar-refractivity contribution in [2.24, 2.45) is 4.99 Å². The number of hydrogen-bond donors (Lipinski definition) is 1. The molecule has 0 aliphatic heterocycles. The van der Waals surface area contributed by atoms with Crippen LogP contribution in [0, 0.1) is 0 Å². The molecular weight excluding hydrogens is 438 g/mol. The largest absolute Gasteiger partial charge is 0.457 e. The van der Waals surface area contributed by atoms with Gasteiger partial charge < -0.3 is 19.4 Å². The van der Waals surface area contributed by atoms with E-state index in [1.165, 1.54) is 18.3 Å². The van der Waals surface area contributed by atoms with Gasteiger partial charge in [-0.15, -0.1) is 0 Å². The van der Waals surface area contributed by atoms with Crippen LogP contribution in [0.25, 0.3) is 10.2 Å². The van der Waals surface area contributed by atoms with Crippen LogP contribution in [0.2, 0.25) is 0 Å². The lowest BCUT2D eigenvalue weighted by Gasteiger charge is -2.09. The first-order valence-electron chi connectivity index (χ1n) is 10.4. The maximum atomic E-state index is 13.2. The molecule has 0 spiro atoms. The standard InChI is InChI=1S/C25H23N3O4S/c1-17(29)26-18-12-13-21-23(16-18)33-25(28(21)14-15-31-2)27-24(30)20-10-6-7-11-22(20)32-19-8-4-3-5-9-19/h3-13,16H,14-15H2,1-2H3,(H,26,29). The highest BCUT2D eigenvalue weighted by Gasteiger charge is 2.14. The second-order valence-electron chi connectivity index (χ2n) is 7.22. The summed E-state index contributed by atoms with van der Waals surface area (Å²) in [5.74, 6) is 0.532. The summed E-state index contributed by atoms with van der Waals surface area (Å²) in [5.41, 5.74) is 1.97. The summed E-state index contributed by atoms with van der Waals surface area (Å²) >= 11 is 1.38. The molecule has 4 rings (SSSR count). The number of rotatable bonds is 7. The Balaban J connectivity index is 1.75. The van der Waals surface area contributed by atoms with Crippen molar-refractivity contribution in [3.8, 4) is 11.5 Å². The van der Waals surface area contributed by atoms with Gasteiger partial charge in [0.25, 0.3) is 5.91 Å². The molecule has 8 heteroatoms. The van der Waals surface area contributed by atoms with Crippen molar-refractivity contribution in [1.82, 2.24) is 4.57 Å². The van der Waals surface area contributed by atoms with Crippen LogP contribution in [0.1, 0.15) is 17.3 Å². The minimum atomic E-state index is -0.402. The Labute approximate surface area is 194 Å². The van der Waals surface area contributed by atoms with Crippen molar-refractivity contribution < 1.29 is 19.1 Å². The highest BCUT2D eigenvalue weighted by molar-refractivity contribution is 7.16. The van der Waals surface area contributed by atoms with E-state index < -0.39 is 5.91 Å². The fourth-order valence-electron chi connectivity index (χ4n) is 3.33. The number of benzene rings is 3. The van der Waals surface area contributed by atoms with E-state index in [4.69, 9.17) is 9.47 Å². The third-order valence-electron chi connectivity index (χ3n) is 4.81. The number of nitrogens with zero attached hydrogens (tertiary/aromatic N) is 2. The summed E-state index contributed by atoms with van der Waals surface area (Å²) < 4.78 is 14.0. The molecule has 3 aromatic carbocycles. The predicted octanol–water partition coefficient (Wildman–Crippen LogP) is 4.84. The first-order valence-corrected chi connectivity index (χ1v) is 11.2. The summed E-state index contributed by atoms with van der Waals surface area (Å²) in [6, 6.07) is 22.0. The predicted molar refractivity (Wildman–Crippen MR) is 129 cm³/mol. The number of ether oxygens (including phenoxy) is 2. The molecule has 33 heavy (non-hydrogen) atoms. The molecule has 4 aromatic rings. The average molecular weight is 462 g/mol. The highest BCUT2D eigenvalue weighted by Crippen LogP contribution is 2.26. The second kappa shape index (κ2) is 10.2. The van der Waals surface area contributed by atoms with E-state index in [-0.39, 0.29) is 5.91 Å². The Morgan fingerprint density at radius 2 is 1.79 bits per heavy atom. The highest BCUT2D eigenvalue weighted by atomic mass is 32.1. The van der Waals surface area contributed by atoms with Crippen LogP contribution < -0.4 is 14.9 Å². The molecule has 0 fully saturated rings. The molecule has 0 aliphatic rings. The summed E-state index contributed by atoms with van der Waals surface area (Å²) in [5, 5.41) is 2.79. The molecule has 1 N–H and O–H groups in total. The van der Waals surface area contributed by atoms with Gasteiger partial charge in [0, 0.05) is 26.3 Å². The zero-order chi connectivity index (χ0) is 23.2. The third kappa shape index (κ3) is 5.36. The number of hydrogen-bond acceptors (Lipinski definition) is 5. The number of amides is 2. The fraction of sp³-hybridized carbons (Fsp3) is 0.160. The number of para-hydroxylation sites is 2. The van der Waals surface area contributed by atoms with Crippen molar-refractivity contribution >= 4 is 39.1 Å². The molecular formula is C25H23N3O4S. The number of nitrogens with one attached hydrogen (secondary N) is 1. The number of aromatic nitrogens is 1. The van der Waals surface area contributed by atoms with Gasteiger partial charge >= 0.3 is 0 Å². The van der Waals surface area contributed by atoms with Gasteiger partial charge in [-0.1, -0.05) is 41.7 Å².